The molecule has 0 spiro atoms. The Morgan fingerprint density at radius 3 is 2.00 bits per heavy atom. The normalized spacial score (nSPS) is 12.4. The second-order valence-corrected chi connectivity index (χ2v) is 7.69. The number of rotatable bonds is 2. The van der Waals surface area contributed by atoms with Crippen molar-refractivity contribution < 1.29 is 4.80 Å². The average Bonchev–Trinajstić information content (AvgIpc) is 1.30. The quantitative estimate of drug-likeness (QED) is 0.526. The zero-order chi connectivity index (χ0) is 5.91. The molecule has 3 heteroatoms. The van der Waals surface area contributed by atoms with Crippen LogP contribution in [-0.2, 0) is 0 Å². The van der Waals surface area contributed by atoms with E-state index in [1.54, 1.807) is 0 Å². The zero-order valence-corrected chi connectivity index (χ0v) is 8.36. The lowest BCUT2D eigenvalue weighted by Crippen LogP contribution is -2.23. The van der Waals surface area contributed by atoms with Crippen LogP contribution in [0.5, 0.6) is 0 Å². The fourth-order valence-electron chi connectivity index (χ4n) is 0.612. The van der Waals surface area contributed by atoms with E-state index in [0.29, 0.717) is 0 Å². The highest BCUT2D eigenvalue weighted by molar-refractivity contribution is 6.70. The van der Waals surface area contributed by atoms with Crippen molar-refractivity contribution in [1.29, 1.82) is 0 Å². The molecule has 0 atom stereocenters. The molecule has 0 fully saturated rings. The van der Waals surface area contributed by atoms with Gasteiger partial charge in [-0.3, -0.25) is 0 Å². The smallest absolute Gasteiger partial charge is 0.182 e. The molecule has 0 unspecified atom stereocenters. The van der Waals surface area contributed by atoms with E-state index in [0.717, 1.165) is 6.04 Å². The standard InChI is InChI=1S/C4H14OSi2/c1-7(2,5)4-3-6/h5H,3-4H2,1-2,6H3. The first-order valence-electron chi connectivity index (χ1n) is 2.78. The minimum absolute atomic E-state index is 1.10. The van der Waals surface area contributed by atoms with Crippen LogP contribution in [0.15, 0.2) is 0 Å². The van der Waals surface area contributed by atoms with Crippen molar-refractivity contribution in [3.63, 3.8) is 0 Å². The topological polar surface area (TPSA) is 20.2 Å². The van der Waals surface area contributed by atoms with Crippen LogP contribution in [0.2, 0.25) is 25.2 Å². The van der Waals surface area contributed by atoms with Gasteiger partial charge in [0.05, 0.1) is 0 Å². The van der Waals surface area contributed by atoms with Crippen LogP contribution >= 0.6 is 0 Å². The van der Waals surface area contributed by atoms with E-state index in [-0.39, 0.29) is 0 Å². The van der Waals surface area contributed by atoms with Gasteiger partial charge in [-0.05, 0) is 19.1 Å². The summed E-state index contributed by atoms with van der Waals surface area (Å²) in [5.74, 6) is 0. The zero-order valence-electron chi connectivity index (χ0n) is 5.36. The Hall–Kier alpha value is 0.394. The lowest BCUT2D eigenvalue weighted by molar-refractivity contribution is 0.551. The third kappa shape index (κ3) is 6.39. The monoisotopic (exact) mass is 134 g/mol. The molecule has 0 bridgehead atoms. The van der Waals surface area contributed by atoms with Crippen LogP contribution < -0.4 is 0 Å². The molecule has 0 aromatic heterocycles. The van der Waals surface area contributed by atoms with Crippen molar-refractivity contribution in [3.8, 4) is 0 Å². The summed E-state index contributed by atoms with van der Waals surface area (Å²) >= 11 is 0. The van der Waals surface area contributed by atoms with E-state index in [2.05, 4.69) is 0 Å². The molecule has 7 heavy (non-hydrogen) atoms. The minimum atomic E-state index is -1.62. The van der Waals surface area contributed by atoms with Crippen LogP contribution in [0.3, 0.4) is 0 Å². The van der Waals surface area contributed by atoms with Gasteiger partial charge in [-0.1, -0.05) is 6.04 Å². The van der Waals surface area contributed by atoms with E-state index in [4.69, 9.17) is 0 Å². The SMILES string of the molecule is C[Si](C)(O)CC[SiH3]. The lowest BCUT2D eigenvalue weighted by Gasteiger charge is -2.10. The van der Waals surface area contributed by atoms with Gasteiger partial charge in [0.2, 0.25) is 0 Å². The van der Waals surface area contributed by atoms with Crippen LogP contribution in [-0.4, -0.2) is 23.4 Å². The molecule has 0 saturated heterocycles. The average molecular weight is 134 g/mol. The molecule has 0 amide bonds. The number of hydrogen-bond acceptors (Lipinski definition) is 1. The summed E-state index contributed by atoms with van der Waals surface area (Å²) in [5.41, 5.74) is 0. The maximum Gasteiger partial charge on any atom is 0.182 e. The third-order valence-corrected chi connectivity index (χ3v) is 4.09. The Morgan fingerprint density at radius 1 is 1.57 bits per heavy atom. The summed E-state index contributed by atoms with van der Waals surface area (Å²) in [6.07, 6.45) is 0. The Kier molecular flexibility index (Phi) is 2.79. The molecule has 0 aromatic rings. The molecule has 0 saturated carbocycles. The van der Waals surface area contributed by atoms with Gasteiger partial charge >= 0.3 is 0 Å². The van der Waals surface area contributed by atoms with E-state index in [1.165, 1.54) is 16.3 Å². The van der Waals surface area contributed by atoms with Gasteiger partial charge in [-0.2, -0.15) is 0 Å². The highest BCUT2D eigenvalue weighted by Crippen LogP contribution is 2.04. The fourth-order valence-corrected chi connectivity index (χ4v) is 5.51. The van der Waals surface area contributed by atoms with Gasteiger partial charge in [0.1, 0.15) is 0 Å². The first kappa shape index (κ1) is 7.39. The van der Waals surface area contributed by atoms with Crippen LogP contribution in [0, 0.1) is 0 Å². The van der Waals surface area contributed by atoms with E-state index in [9.17, 15) is 4.80 Å². The third-order valence-electron chi connectivity index (χ3n) is 0.862. The van der Waals surface area contributed by atoms with Gasteiger partial charge in [0.15, 0.2) is 8.32 Å². The molecule has 0 rings (SSSR count). The second kappa shape index (κ2) is 2.64. The molecule has 0 heterocycles. The molecule has 0 aliphatic carbocycles. The van der Waals surface area contributed by atoms with Gasteiger partial charge in [-0.25, -0.2) is 0 Å². The summed E-state index contributed by atoms with van der Waals surface area (Å²) in [5, 5.41) is 0. The summed E-state index contributed by atoms with van der Waals surface area (Å²) in [7, 11) is -0.378. The van der Waals surface area contributed by atoms with Gasteiger partial charge in [0, 0.05) is 10.2 Å². The van der Waals surface area contributed by atoms with Crippen LogP contribution in [0.25, 0.3) is 0 Å². The first-order valence-corrected chi connectivity index (χ1v) is 7.35. The van der Waals surface area contributed by atoms with Crippen LogP contribution in [0.4, 0.5) is 0 Å². The van der Waals surface area contributed by atoms with Gasteiger partial charge in [0.25, 0.3) is 0 Å². The molecular formula is C4H14OSi2. The van der Waals surface area contributed by atoms with E-state index in [1.807, 2.05) is 13.1 Å². The second-order valence-electron chi connectivity index (χ2n) is 2.56. The molecule has 0 aromatic carbocycles. The molecule has 1 nitrogen and oxygen atoms in total. The Balaban J connectivity index is 3.15. The fraction of sp³-hybridized carbons (Fsp3) is 1.00. The van der Waals surface area contributed by atoms with Crippen molar-refractivity contribution >= 4 is 18.6 Å². The van der Waals surface area contributed by atoms with Crippen molar-refractivity contribution in [1.82, 2.24) is 0 Å². The lowest BCUT2D eigenvalue weighted by atomic mass is 10.9. The summed E-state index contributed by atoms with van der Waals surface area (Å²) in [4.78, 5) is 9.18. The van der Waals surface area contributed by atoms with Gasteiger partial charge in [-0.15, -0.1) is 0 Å². The Morgan fingerprint density at radius 2 is 2.00 bits per heavy atom. The molecule has 0 radical (unpaired) electrons. The molecule has 0 aliphatic heterocycles. The van der Waals surface area contributed by atoms with Crippen molar-refractivity contribution in [2.24, 2.45) is 0 Å². The maximum absolute atomic E-state index is 9.18. The minimum Gasteiger partial charge on any atom is -0.432 e. The highest BCUT2D eigenvalue weighted by atomic mass is 28.4. The maximum atomic E-state index is 9.18. The summed E-state index contributed by atoms with van der Waals surface area (Å²) in [6.45, 7) is 3.98. The molecule has 0 aliphatic rings. The first-order chi connectivity index (χ1) is 3.06. The largest absolute Gasteiger partial charge is 0.432 e. The number of hydrogen-bond donors (Lipinski definition) is 1. The molecular weight excluding hydrogens is 120 g/mol. The molecule has 1 N–H and O–H groups in total. The van der Waals surface area contributed by atoms with Crippen molar-refractivity contribution in [3.05, 3.63) is 0 Å². The van der Waals surface area contributed by atoms with Crippen molar-refractivity contribution in [2.75, 3.05) is 0 Å². The predicted molar refractivity (Wildman–Crippen MR) is 39.3 cm³/mol. The Labute approximate surface area is 49.3 Å². The Bertz CT molecular complexity index is 48.1. The summed E-state index contributed by atoms with van der Waals surface area (Å²) in [6, 6.07) is 2.36. The van der Waals surface area contributed by atoms with Gasteiger partial charge < -0.3 is 4.80 Å². The van der Waals surface area contributed by atoms with Crippen molar-refractivity contribution in [2.45, 2.75) is 25.2 Å². The van der Waals surface area contributed by atoms with Crippen LogP contribution in [0.1, 0.15) is 0 Å². The molecule has 44 valence electrons. The van der Waals surface area contributed by atoms with E-state index < -0.39 is 8.32 Å². The predicted octanol–water partition coefficient (Wildman–Crippen LogP) is -0.0325. The van der Waals surface area contributed by atoms with E-state index >= 15 is 0 Å². The highest BCUT2D eigenvalue weighted by Gasteiger charge is 2.13. The summed E-state index contributed by atoms with van der Waals surface area (Å²) < 4.78 is 0.